The maximum atomic E-state index is 11.5. The lowest BCUT2D eigenvalue weighted by atomic mass is 9.69. The van der Waals surface area contributed by atoms with Crippen LogP contribution in [-0.4, -0.2) is 32.6 Å². The molecule has 144 valence electrons. The number of H-pyrrole nitrogens is 1. The van der Waals surface area contributed by atoms with Gasteiger partial charge in [-0.25, -0.2) is 0 Å². The first-order valence-electron chi connectivity index (χ1n) is 8.79. The fraction of sp³-hybridized carbons (Fsp3) is 0.200. The van der Waals surface area contributed by atoms with Gasteiger partial charge in [0.25, 0.3) is 0 Å². The Hall–Kier alpha value is -3.52. The molecule has 0 aliphatic heterocycles. The first-order valence-corrected chi connectivity index (χ1v) is 8.79. The number of benzene rings is 2. The van der Waals surface area contributed by atoms with Crippen LogP contribution < -0.4 is 17.2 Å². The Morgan fingerprint density at radius 3 is 2.00 bits per heavy atom. The van der Waals surface area contributed by atoms with Crippen LogP contribution in [0.5, 0.6) is 0 Å². The molecule has 0 bridgehead atoms. The number of carbonyl (C=O) groups excluding carboxylic acids is 1. The summed E-state index contributed by atoms with van der Waals surface area (Å²) in [6, 6.07) is 14.6. The molecule has 2 aromatic carbocycles. The molecule has 8 heteroatoms. The topological polar surface area (TPSA) is 150 Å². The molecule has 1 amide bonds. The Balaban J connectivity index is 2.24. The number of rotatable bonds is 7. The molecule has 3 aromatic rings. The first-order chi connectivity index (χ1) is 13.3. The number of tetrazole rings is 1. The van der Waals surface area contributed by atoms with E-state index in [1.165, 1.54) is 0 Å². The van der Waals surface area contributed by atoms with Gasteiger partial charge in [-0.15, -0.1) is 10.2 Å². The van der Waals surface area contributed by atoms with Crippen LogP contribution in [-0.2, 0) is 5.41 Å². The van der Waals surface area contributed by atoms with Gasteiger partial charge in [0.05, 0.1) is 5.41 Å². The monoisotopic (exact) mass is 377 g/mol. The fourth-order valence-electron chi connectivity index (χ4n) is 3.47. The Morgan fingerprint density at radius 1 is 1.07 bits per heavy atom. The van der Waals surface area contributed by atoms with E-state index in [9.17, 15) is 4.79 Å². The Labute approximate surface area is 162 Å². The van der Waals surface area contributed by atoms with Crippen molar-refractivity contribution in [1.82, 2.24) is 20.6 Å². The Bertz CT molecular complexity index is 903. The van der Waals surface area contributed by atoms with Crippen molar-refractivity contribution in [3.05, 3.63) is 83.2 Å². The van der Waals surface area contributed by atoms with Gasteiger partial charge >= 0.3 is 0 Å². The number of nitrogens with two attached hydrogens (primary N) is 3. The average Bonchev–Trinajstić information content (AvgIpc) is 3.21. The first kappa shape index (κ1) is 19.2. The summed E-state index contributed by atoms with van der Waals surface area (Å²) in [5, 5.41) is 14.8. The van der Waals surface area contributed by atoms with Crippen molar-refractivity contribution in [3.8, 4) is 0 Å². The van der Waals surface area contributed by atoms with Gasteiger partial charge in [-0.3, -0.25) is 4.79 Å². The van der Waals surface area contributed by atoms with Crippen LogP contribution in [0, 0.1) is 0 Å². The fourth-order valence-corrected chi connectivity index (χ4v) is 3.47. The largest absolute Gasteiger partial charge is 0.399 e. The van der Waals surface area contributed by atoms with Crippen LogP contribution in [0.15, 0.2) is 55.1 Å². The number of aromatic nitrogens is 4. The molecule has 1 heterocycles. The molecule has 0 fully saturated rings. The van der Waals surface area contributed by atoms with Crippen LogP contribution in [0.25, 0.3) is 5.70 Å². The molecule has 0 radical (unpaired) electrons. The zero-order chi connectivity index (χ0) is 20.3. The zero-order valence-corrected chi connectivity index (χ0v) is 15.6. The van der Waals surface area contributed by atoms with Crippen LogP contribution in [0.2, 0.25) is 0 Å². The molecule has 2 atom stereocenters. The van der Waals surface area contributed by atoms with E-state index in [0.29, 0.717) is 23.5 Å². The van der Waals surface area contributed by atoms with Gasteiger partial charge in [-0.1, -0.05) is 48.2 Å². The molecule has 0 spiro atoms. The lowest BCUT2D eigenvalue weighted by Crippen LogP contribution is -2.37. The third-order valence-corrected chi connectivity index (χ3v) is 4.77. The van der Waals surface area contributed by atoms with Crippen molar-refractivity contribution in [1.29, 1.82) is 0 Å². The van der Waals surface area contributed by atoms with Gasteiger partial charge < -0.3 is 17.2 Å². The second-order valence-electron chi connectivity index (χ2n) is 6.87. The van der Waals surface area contributed by atoms with Crippen molar-refractivity contribution in [2.45, 2.75) is 24.8 Å². The van der Waals surface area contributed by atoms with Gasteiger partial charge in [0.15, 0.2) is 5.82 Å². The van der Waals surface area contributed by atoms with Crippen molar-refractivity contribution < 1.29 is 4.79 Å². The van der Waals surface area contributed by atoms with Crippen LogP contribution in [0.4, 0.5) is 0 Å². The van der Waals surface area contributed by atoms with Gasteiger partial charge in [0.1, 0.15) is 0 Å². The highest BCUT2D eigenvalue weighted by Gasteiger charge is 2.41. The molecule has 3 rings (SSSR count). The molecule has 0 saturated carbocycles. The van der Waals surface area contributed by atoms with E-state index in [1.54, 1.807) is 12.1 Å². The van der Waals surface area contributed by atoms with Gasteiger partial charge in [-0.05, 0) is 42.2 Å². The van der Waals surface area contributed by atoms with Crippen molar-refractivity contribution in [2.24, 2.45) is 17.2 Å². The van der Waals surface area contributed by atoms with Crippen LogP contribution in [0.1, 0.15) is 46.2 Å². The molecule has 0 aliphatic carbocycles. The maximum absolute atomic E-state index is 11.5. The number of aromatic amines is 1. The normalized spacial score (nSPS) is 14.2. The van der Waals surface area contributed by atoms with Crippen molar-refractivity contribution in [3.63, 3.8) is 0 Å². The minimum absolute atomic E-state index is 0.168. The predicted octanol–water partition coefficient (Wildman–Crippen LogP) is 1.30. The minimum Gasteiger partial charge on any atom is -0.399 e. The summed E-state index contributed by atoms with van der Waals surface area (Å²) in [6.07, 6.45) is 0.519. The van der Waals surface area contributed by atoms with Gasteiger partial charge in [0, 0.05) is 17.3 Å². The second-order valence-corrected chi connectivity index (χ2v) is 6.87. The van der Waals surface area contributed by atoms with E-state index in [4.69, 9.17) is 17.2 Å². The molecular formula is C20H23N7O. The smallest absolute Gasteiger partial charge is 0.248 e. The number of nitrogens with zero attached hydrogens (tertiary/aromatic N) is 3. The maximum Gasteiger partial charge on any atom is 0.248 e. The Kier molecular flexibility index (Phi) is 5.23. The summed E-state index contributed by atoms with van der Waals surface area (Å²) in [5.41, 5.74) is 20.2. The summed E-state index contributed by atoms with van der Waals surface area (Å²) in [5.74, 6) is -0.00864. The third kappa shape index (κ3) is 3.49. The number of nitrogens with one attached hydrogen (secondary N) is 1. The molecule has 0 aliphatic rings. The van der Waals surface area contributed by atoms with Crippen LogP contribution >= 0.6 is 0 Å². The molecule has 1 aromatic heterocycles. The number of hydrogen-bond acceptors (Lipinski definition) is 6. The minimum atomic E-state index is -0.772. The van der Waals surface area contributed by atoms with Gasteiger partial charge in [-0.2, -0.15) is 5.21 Å². The quantitative estimate of drug-likeness (QED) is 0.487. The van der Waals surface area contributed by atoms with Crippen molar-refractivity contribution in [2.75, 3.05) is 0 Å². The lowest BCUT2D eigenvalue weighted by molar-refractivity contribution is 0.1000. The van der Waals surface area contributed by atoms with Gasteiger partial charge in [0.2, 0.25) is 5.91 Å². The molecular weight excluding hydrogens is 354 g/mol. The van der Waals surface area contributed by atoms with E-state index in [0.717, 1.165) is 16.7 Å². The number of primary amides is 1. The summed E-state index contributed by atoms with van der Waals surface area (Å²) in [7, 11) is 0. The summed E-state index contributed by atoms with van der Waals surface area (Å²) >= 11 is 0. The lowest BCUT2D eigenvalue weighted by Gasteiger charge is -2.34. The number of carbonyl (C=O) groups is 1. The molecule has 28 heavy (non-hydrogen) atoms. The van der Waals surface area contributed by atoms with E-state index >= 15 is 0 Å². The number of hydrogen-bond donors (Lipinski definition) is 4. The average molecular weight is 377 g/mol. The number of amides is 1. The Morgan fingerprint density at radius 2 is 1.61 bits per heavy atom. The highest BCUT2D eigenvalue weighted by molar-refractivity contribution is 5.92. The second kappa shape index (κ2) is 7.61. The van der Waals surface area contributed by atoms with E-state index < -0.39 is 11.3 Å². The summed E-state index contributed by atoms with van der Waals surface area (Å²) < 4.78 is 0. The summed E-state index contributed by atoms with van der Waals surface area (Å²) in [4.78, 5) is 11.5. The molecule has 7 N–H and O–H groups in total. The molecule has 1 unspecified atom stereocenters. The molecule has 0 saturated heterocycles. The third-order valence-electron chi connectivity index (χ3n) is 4.77. The summed E-state index contributed by atoms with van der Waals surface area (Å²) in [6.45, 7) is 5.69. The van der Waals surface area contributed by atoms with Crippen molar-refractivity contribution >= 4 is 11.6 Å². The SMILES string of the molecule is C=C(N)c1ccc(C(C[C@H](C)N)(c2ccc(C(N)=O)cc2)c2nn[nH]n2)cc1. The van der Waals surface area contributed by atoms with E-state index in [-0.39, 0.29) is 6.04 Å². The zero-order valence-electron chi connectivity index (χ0n) is 15.6. The highest BCUT2D eigenvalue weighted by atomic mass is 16.1. The highest BCUT2D eigenvalue weighted by Crippen LogP contribution is 2.41. The van der Waals surface area contributed by atoms with E-state index in [1.807, 2.05) is 43.3 Å². The van der Waals surface area contributed by atoms with E-state index in [2.05, 4.69) is 27.2 Å². The van der Waals surface area contributed by atoms with Crippen LogP contribution in [0.3, 0.4) is 0 Å². The molecule has 8 nitrogen and oxygen atoms in total. The predicted molar refractivity (Wildman–Crippen MR) is 107 cm³/mol. The standard InChI is InChI=1S/C20H23N7O/c1-12(21)11-20(19-24-26-27-25-19,16-7-3-14(4-8-16)13(2)22)17-9-5-15(6-10-17)18(23)28/h3-10,12H,2,11,21-22H2,1H3,(H2,23,28)(H,24,25,26,27)/t12-,20?/m0/s1.